The van der Waals surface area contributed by atoms with E-state index in [1.165, 1.54) is 19.2 Å². The first kappa shape index (κ1) is 31.0. The molecular formula is C26H31ClN2O8S. The lowest BCUT2D eigenvalue weighted by molar-refractivity contribution is -0.139. The average Bonchev–Trinajstić information content (AvgIpc) is 2.89. The van der Waals surface area contributed by atoms with Crippen LogP contribution < -0.4 is 11.1 Å². The van der Waals surface area contributed by atoms with Crippen LogP contribution in [0.4, 0.5) is 0 Å². The lowest BCUT2D eigenvalue weighted by Gasteiger charge is -2.31. The highest BCUT2D eigenvalue weighted by Gasteiger charge is 2.39. The number of carbonyl (C=O) groups excluding carboxylic acids is 2. The van der Waals surface area contributed by atoms with Crippen molar-refractivity contribution in [3.63, 3.8) is 0 Å². The predicted octanol–water partition coefficient (Wildman–Crippen LogP) is 3.20. The number of nitrogens with two attached hydrogens (primary N) is 1. The van der Waals surface area contributed by atoms with E-state index in [-0.39, 0.29) is 23.7 Å². The van der Waals surface area contributed by atoms with Gasteiger partial charge in [0, 0.05) is 17.3 Å². The molecule has 0 amide bonds. The fraction of sp³-hybridized carbons (Fsp3) is 0.308. The summed E-state index contributed by atoms with van der Waals surface area (Å²) < 4.78 is 45.0. The Kier molecular flexibility index (Phi) is 11.9. The molecule has 1 atom stereocenters. The standard InChI is InChI=1S/C20H25ClN2O5.C6H6O3S/c1-4-28-20(25)18-15(11-27-10-9-22)23-12(2)16(19(24)26-3)17(18)13-7-5-6-8-14(13)21;7-10(8,9)6-4-2-1-3-5-6/h5-8,17,23H,4,9-11,22H2,1-3H3;1-5H,(H,7,8,9)/i17+1;. The van der Waals surface area contributed by atoms with E-state index in [1.54, 1.807) is 56.3 Å². The van der Waals surface area contributed by atoms with Crippen molar-refractivity contribution >= 4 is 33.7 Å². The van der Waals surface area contributed by atoms with Gasteiger partial charge in [-0.05, 0) is 37.6 Å². The maximum absolute atomic E-state index is 12.9. The van der Waals surface area contributed by atoms with Gasteiger partial charge in [0.25, 0.3) is 10.1 Å². The van der Waals surface area contributed by atoms with Gasteiger partial charge in [-0.2, -0.15) is 8.42 Å². The Bertz CT molecular complexity index is 1290. The lowest BCUT2D eigenvalue weighted by Crippen LogP contribution is -2.35. The van der Waals surface area contributed by atoms with Crippen molar-refractivity contribution in [1.82, 2.24) is 5.32 Å². The number of ether oxygens (including phenoxy) is 3. The van der Waals surface area contributed by atoms with Crippen LogP contribution in [0.15, 0.2) is 82.0 Å². The van der Waals surface area contributed by atoms with Gasteiger partial charge in [0.15, 0.2) is 0 Å². The number of rotatable bonds is 9. The number of allylic oxidation sites excluding steroid dienone is 1. The summed E-state index contributed by atoms with van der Waals surface area (Å²) in [4.78, 5) is 25.4. The van der Waals surface area contributed by atoms with Crippen LogP contribution in [0.5, 0.6) is 0 Å². The molecule has 0 bridgehead atoms. The number of esters is 2. The van der Waals surface area contributed by atoms with Crippen molar-refractivity contribution in [2.45, 2.75) is 24.7 Å². The molecule has 4 N–H and O–H groups in total. The number of benzene rings is 2. The number of methoxy groups -OCH3 is 1. The first-order valence-electron chi connectivity index (χ1n) is 11.6. The van der Waals surface area contributed by atoms with Gasteiger partial charge in [-0.3, -0.25) is 4.55 Å². The fourth-order valence-corrected chi connectivity index (χ4v) is 4.46. The lowest BCUT2D eigenvalue weighted by atomic mass is 10.00. The highest BCUT2D eigenvalue weighted by atomic mass is 35.5. The molecule has 0 saturated carbocycles. The van der Waals surface area contributed by atoms with Gasteiger partial charge in [0.1, 0.15) is 0 Å². The molecule has 0 spiro atoms. The van der Waals surface area contributed by atoms with Gasteiger partial charge in [0.05, 0.1) is 54.6 Å². The smallest absolute Gasteiger partial charge is 0.336 e. The van der Waals surface area contributed by atoms with E-state index in [9.17, 15) is 18.0 Å². The van der Waals surface area contributed by atoms with E-state index in [2.05, 4.69) is 5.32 Å². The average molecular weight is 568 g/mol. The molecule has 1 aliphatic rings. The molecule has 2 aromatic carbocycles. The summed E-state index contributed by atoms with van der Waals surface area (Å²) in [5.74, 6) is -1.86. The van der Waals surface area contributed by atoms with Gasteiger partial charge in [0.2, 0.25) is 0 Å². The Morgan fingerprint density at radius 2 is 1.68 bits per heavy atom. The Morgan fingerprint density at radius 1 is 1.05 bits per heavy atom. The molecule has 206 valence electrons. The first-order chi connectivity index (χ1) is 18.1. The number of nitrogens with one attached hydrogen (secondary N) is 1. The Balaban J connectivity index is 0.000000423. The van der Waals surface area contributed by atoms with Crippen LogP contribution in [-0.2, 0) is 33.9 Å². The fourth-order valence-electron chi connectivity index (χ4n) is 3.71. The number of carbonyl (C=O) groups is 2. The largest absolute Gasteiger partial charge is 0.466 e. The van der Waals surface area contributed by atoms with Gasteiger partial charge in [-0.15, -0.1) is 0 Å². The minimum Gasteiger partial charge on any atom is -0.466 e. The van der Waals surface area contributed by atoms with E-state index >= 15 is 0 Å². The Morgan fingerprint density at radius 3 is 2.21 bits per heavy atom. The number of hydrogen-bond acceptors (Lipinski definition) is 9. The molecule has 3 rings (SSSR count). The SMILES string of the molecule is CCOC(=O)C1=C(COCCN)NC(C)=C(C(=O)OC)[13CH]1c1ccccc1Cl.O=S(=O)(O)c1ccccc1. The monoisotopic (exact) mass is 567 g/mol. The maximum Gasteiger partial charge on any atom is 0.336 e. The summed E-state index contributed by atoms with van der Waals surface area (Å²) in [6.45, 7) is 4.42. The third kappa shape index (κ3) is 8.14. The molecule has 1 heterocycles. The van der Waals surface area contributed by atoms with Crippen LogP contribution in [0.2, 0.25) is 5.02 Å². The predicted molar refractivity (Wildman–Crippen MR) is 142 cm³/mol. The zero-order valence-electron chi connectivity index (χ0n) is 21.3. The molecule has 1 aliphatic heterocycles. The Hall–Kier alpha value is -3.22. The molecule has 0 saturated heterocycles. The summed E-state index contributed by atoms with van der Waals surface area (Å²) in [6, 6.07) is 14.5. The maximum atomic E-state index is 12.9. The van der Waals surface area contributed by atoms with Crippen molar-refractivity contribution in [2.24, 2.45) is 5.73 Å². The second-order valence-electron chi connectivity index (χ2n) is 7.85. The summed E-state index contributed by atoms with van der Waals surface area (Å²) >= 11 is 6.42. The molecule has 10 nitrogen and oxygen atoms in total. The van der Waals surface area contributed by atoms with Gasteiger partial charge < -0.3 is 25.3 Å². The highest BCUT2D eigenvalue weighted by Crippen LogP contribution is 2.41. The molecule has 12 heteroatoms. The minimum atomic E-state index is -4.00. The summed E-state index contributed by atoms with van der Waals surface area (Å²) in [5.41, 5.74) is 7.70. The van der Waals surface area contributed by atoms with E-state index in [4.69, 9.17) is 36.1 Å². The Labute approximate surface area is 227 Å². The van der Waals surface area contributed by atoms with Crippen molar-refractivity contribution in [2.75, 3.05) is 33.5 Å². The molecule has 0 radical (unpaired) electrons. The third-order valence-electron chi connectivity index (χ3n) is 5.31. The van der Waals surface area contributed by atoms with Crippen LogP contribution in [0.1, 0.15) is 25.3 Å². The summed E-state index contributed by atoms with van der Waals surface area (Å²) in [6.07, 6.45) is 0. The van der Waals surface area contributed by atoms with Crippen molar-refractivity contribution in [3.8, 4) is 0 Å². The summed E-state index contributed by atoms with van der Waals surface area (Å²) in [5, 5.41) is 3.52. The number of halogens is 1. The second-order valence-corrected chi connectivity index (χ2v) is 9.68. The van der Waals surface area contributed by atoms with Gasteiger partial charge >= 0.3 is 11.9 Å². The molecular weight excluding hydrogens is 537 g/mol. The van der Waals surface area contributed by atoms with Crippen LogP contribution in [0.25, 0.3) is 0 Å². The van der Waals surface area contributed by atoms with Crippen molar-refractivity contribution in [3.05, 3.63) is 87.7 Å². The molecule has 0 fully saturated rings. The van der Waals surface area contributed by atoms with E-state index < -0.39 is 28.0 Å². The van der Waals surface area contributed by atoms with Crippen LogP contribution in [0.3, 0.4) is 0 Å². The molecule has 0 aromatic heterocycles. The quantitative estimate of drug-likeness (QED) is 0.178. The summed E-state index contributed by atoms with van der Waals surface area (Å²) in [7, 11) is -2.71. The molecule has 2 aromatic rings. The zero-order chi connectivity index (χ0) is 28.3. The van der Waals surface area contributed by atoms with E-state index in [1.807, 2.05) is 0 Å². The van der Waals surface area contributed by atoms with Gasteiger partial charge in [-0.1, -0.05) is 48.0 Å². The second kappa shape index (κ2) is 14.6. The van der Waals surface area contributed by atoms with Crippen molar-refractivity contribution in [1.29, 1.82) is 0 Å². The normalized spacial score (nSPS) is 15.3. The number of dihydropyridines is 1. The van der Waals surface area contributed by atoms with Crippen LogP contribution >= 0.6 is 11.6 Å². The number of hydrogen-bond donors (Lipinski definition) is 3. The first-order valence-corrected chi connectivity index (χ1v) is 13.4. The molecule has 38 heavy (non-hydrogen) atoms. The van der Waals surface area contributed by atoms with Gasteiger partial charge in [-0.25, -0.2) is 9.59 Å². The van der Waals surface area contributed by atoms with E-state index in [0.717, 1.165) is 0 Å². The topological polar surface area (TPSA) is 154 Å². The molecule has 0 aliphatic carbocycles. The van der Waals surface area contributed by atoms with Crippen molar-refractivity contribution < 1.29 is 36.8 Å². The third-order valence-corrected chi connectivity index (χ3v) is 6.52. The molecule has 1 unspecified atom stereocenters. The van der Waals surface area contributed by atoms with Crippen LogP contribution in [0, 0.1) is 0 Å². The minimum absolute atomic E-state index is 0.0741. The van der Waals surface area contributed by atoms with Crippen LogP contribution in [-0.4, -0.2) is 58.4 Å². The van der Waals surface area contributed by atoms with E-state index in [0.29, 0.717) is 40.7 Å². The highest BCUT2D eigenvalue weighted by molar-refractivity contribution is 7.85. The zero-order valence-corrected chi connectivity index (χ0v) is 22.8.